The van der Waals surface area contributed by atoms with Crippen LogP contribution in [0.4, 0.5) is 0 Å². The smallest absolute Gasteiger partial charge is 0.489 e. The van der Waals surface area contributed by atoms with Crippen LogP contribution in [0.1, 0.15) is 44.4 Å². The fourth-order valence-electron chi connectivity index (χ4n) is 3.57. The van der Waals surface area contributed by atoms with E-state index >= 15 is 0 Å². The van der Waals surface area contributed by atoms with Crippen LogP contribution in [0, 0.1) is 0 Å². The molecule has 1 aliphatic rings. The number of benzene rings is 3. The first kappa shape index (κ1) is 23.2. The summed E-state index contributed by atoms with van der Waals surface area (Å²) in [6, 6.07) is 26.0. The summed E-state index contributed by atoms with van der Waals surface area (Å²) in [5.74, 6) is 1.41. The molecule has 1 fully saturated rings. The van der Waals surface area contributed by atoms with Gasteiger partial charge in [-0.3, -0.25) is 0 Å². The van der Waals surface area contributed by atoms with E-state index in [9.17, 15) is 0 Å². The van der Waals surface area contributed by atoms with Crippen molar-refractivity contribution in [3.63, 3.8) is 0 Å². The van der Waals surface area contributed by atoms with Crippen LogP contribution in [0.25, 0.3) is 5.47 Å². The molecular formula is C28H31BO4. The lowest BCUT2D eigenvalue weighted by molar-refractivity contribution is 0.00578. The predicted octanol–water partition coefficient (Wildman–Crippen LogP) is 6.49. The van der Waals surface area contributed by atoms with Gasteiger partial charge in [0, 0.05) is 11.6 Å². The number of hydrogen-bond donors (Lipinski definition) is 0. The standard InChI is InChI=1S/C28H31BO4/c1-21(29-32-27(2,3)28(4,5)33-29)25-17-16-24(30-19-22-12-8-6-9-13-22)18-26(25)31-20-23-14-10-7-11-15-23/h6-18H,1,19-20H2,2-5H3. The zero-order valence-electron chi connectivity index (χ0n) is 19.8. The molecule has 0 bridgehead atoms. The minimum Gasteiger partial charge on any atom is -0.489 e. The van der Waals surface area contributed by atoms with Crippen molar-refractivity contribution in [2.45, 2.75) is 52.1 Å². The quantitative estimate of drug-likeness (QED) is 0.374. The Labute approximate surface area is 197 Å². The van der Waals surface area contributed by atoms with Crippen LogP contribution in [0.3, 0.4) is 0 Å². The average Bonchev–Trinajstić information content (AvgIpc) is 3.04. The number of rotatable bonds is 8. The molecule has 33 heavy (non-hydrogen) atoms. The summed E-state index contributed by atoms with van der Waals surface area (Å²) in [5, 5.41) is 0. The Morgan fingerprint density at radius 1 is 0.758 bits per heavy atom. The molecular weight excluding hydrogens is 411 g/mol. The minimum absolute atomic E-state index is 0.437. The Morgan fingerprint density at radius 2 is 1.27 bits per heavy atom. The van der Waals surface area contributed by atoms with Gasteiger partial charge in [0.15, 0.2) is 0 Å². The largest absolute Gasteiger partial charge is 0.494 e. The molecule has 1 heterocycles. The maximum Gasteiger partial charge on any atom is 0.494 e. The summed E-state index contributed by atoms with van der Waals surface area (Å²) >= 11 is 0. The van der Waals surface area contributed by atoms with Crippen LogP contribution in [-0.4, -0.2) is 18.3 Å². The van der Waals surface area contributed by atoms with Gasteiger partial charge in [-0.2, -0.15) is 0 Å². The highest BCUT2D eigenvalue weighted by atomic mass is 16.7. The van der Waals surface area contributed by atoms with Crippen molar-refractivity contribution in [1.29, 1.82) is 0 Å². The topological polar surface area (TPSA) is 36.9 Å². The van der Waals surface area contributed by atoms with Crippen molar-refractivity contribution >= 4 is 12.6 Å². The van der Waals surface area contributed by atoms with Crippen molar-refractivity contribution in [2.75, 3.05) is 0 Å². The van der Waals surface area contributed by atoms with Crippen molar-refractivity contribution in [1.82, 2.24) is 0 Å². The van der Waals surface area contributed by atoms with Gasteiger partial charge in [-0.25, -0.2) is 0 Å². The molecule has 3 aromatic rings. The van der Waals surface area contributed by atoms with Crippen LogP contribution in [0.2, 0.25) is 0 Å². The van der Waals surface area contributed by atoms with Crippen LogP contribution in [0.5, 0.6) is 11.5 Å². The number of ether oxygens (including phenoxy) is 2. The first-order valence-electron chi connectivity index (χ1n) is 11.3. The van der Waals surface area contributed by atoms with Gasteiger partial charge in [-0.15, -0.1) is 0 Å². The van der Waals surface area contributed by atoms with Gasteiger partial charge < -0.3 is 18.8 Å². The highest BCUT2D eigenvalue weighted by Gasteiger charge is 2.52. The summed E-state index contributed by atoms with van der Waals surface area (Å²) in [6.07, 6.45) is 0. The third-order valence-corrected chi connectivity index (χ3v) is 6.32. The predicted molar refractivity (Wildman–Crippen MR) is 133 cm³/mol. The van der Waals surface area contributed by atoms with Crippen LogP contribution in [-0.2, 0) is 22.5 Å². The molecule has 5 heteroatoms. The van der Waals surface area contributed by atoms with Gasteiger partial charge in [0.2, 0.25) is 0 Å². The second-order valence-corrected chi connectivity index (χ2v) is 9.32. The molecule has 0 amide bonds. The van der Waals surface area contributed by atoms with E-state index in [2.05, 4.69) is 6.58 Å². The maximum atomic E-state index is 6.25. The van der Waals surface area contributed by atoms with Gasteiger partial charge in [0.05, 0.1) is 11.2 Å². The molecule has 0 spiro atoms. The first-order chi connectivity index (χ1) is 15.7. The molecule has 0 atom stereocenters. The van der Waals surface area contributed by atoms with E-state index in [1.165, 1.54) is 0 Å². The van der Waals surface area contributed by atoms with Gasteiger partial charge in [-0.1, -0.05) is 67.2 Å². The SMILES string of the molecule is C=C(B1OC(C)(C)C(C)(C)O1)c1ccc(OCc2ccccc2)cc1OCc1ccccc1. The summed E-state index contributed by atoms with van der Waals surface area (Å²) in [7, 11) is -0.551. The van der Waals surface area contributed by atoms with Crippen molar-refractivity contribution in [3.05, 3.63) is 102 Å². The Balaban J connectivity index is 1.57. The molecule has 1 saturated heterocycles. The van der Waals surface area contributed by atoms with Crippen LogP contribution >= 0.6 is 0 Å². The van der Waals surface area contributed by atoms with E-state index in [0.717, 1.165) is 27.9 Å². The Bertz CT molecular complexity index is 1080. The van der Waals surface area contributed by atoms with Gasteiger partial charge in [0.25, 0.3) is 0 Å². The molecule has 0 aromatic heterocycles. The summed E-state index contributed by atoms with van der Waals surface area (Å²) in [4.78, 5) is 0. The molecule has 0 saturated carbocycles. The van der Waals surface area contributed by atoms with Gasteiger partial charge >= 0.3 is 7.12 Å². The van der Waals surface area contributed by atoms with Crippen molar-refractivity contribution < 1.29 is 18.8 Å². The van der Waals surface area contributed by atoms with Crippen molar-refractivity contribution in [2.24, 2.45) is 0 Å². The highest BCUT2D eigenvalue weighted by Crippen LogP contribution is 2.42. The maximum absolute atomic E-state index is 6.25. The molecule has 0 unspecified atom stereocenters. The first-order valence-corrected chi connectivity index (χ1v) is 11.3. The number of hydrogen-bond acceptors (Lipinski definition) is 4. The van der Waals surface area contributed by atoms with E-state index in [0.29, 0.717) is 19.0 Å². The van der Waals surface area contributed by atoms with Crippen LogP contribution in [0.15, 0.2) is 85.4 Å². The summed E-state index contributed by atoms with van der Waals surface area (Å²) < 4.78 is 24.7. The summed E-state index contributed by atoms with van der Waals surface area (Å²) in [6.45, 7) is 13.4. The molecule has 1 aliphatic heterocycles. The van der Waals surface area contributed by atoms with Gasteiger partial charge in [-0.05, 0) is 56.4 Å². The average molecular weight is 442 g/mol. The zero-order valence-corrected chi connectivity index (χ0v) is 19.8. The van der Waals surface area contributed by atoms with Gasteiger partial charge in [0.1, 0.15) is 24.7 Å². The van der Waals surface area contributed by atoms with Crippen LogP contribution < -0.4 is 9.47 Å². The van der Waals surface area contributed by atoms with Crippen molar-refractivity contribution in [3.8, 4) is 11.5 Å². The van der Waals surface area contributed by atoms with E-state index in [1.807, 2.05) is 107 Å². The lowest BCUT2D eigenvalue weighted by Crippen LogP contribution is -2.41. The second kappa shape index (κ2) is 9.46. The van der Waals surface area contributed by atoms with E-state index < -0.39 is 18.3 Å². The zero-order chi connectivity index (χ0) is 23.5. The fourth-order valence-corrected chi connectivity index (χ4v) is 3.57. The van der Waals surface area contributed by atoms with E-state index in [4.69, 9.17) is 18.8 Å². The third kappa shape index (κ3) is 5.32. The third-order valence-electron chi connectivity index (χ3n) is 6.32. The molecule has 4 rings (SSSR count). The molecule has 4 nitrogen and oxygen atoms in total. The molecule has 170 valence electrons. The lowest BCUT2D eigenvalue weighted by Gasteiger charge is -2.32. The van der Waals surface area contributed by atoms with E-state index in [1.54, 1.807) is 0 Å². The minimum atomic E-state index is -0.551. The Hall–Kier alpha value is -3.02. The fraction of sp³-hybridized carbons (Fsp3) is 0.286. The Morgan fingerprint density at radius 3 is 1.82 bits per heavy atom. The molecule has 3 aromatic carbocycles. The normalized spacial score (nSPS) is 16.4. The van der Waals surface area contributed by atoms with E-state index in [-0.39, 0.29) is 0 Å². The Kier molecular flexibility index (Phi) is 6.64. The second-order valence-electron chi connectivity index (χ2n) is 9.32. The molecule has 0 N–H and O–H groups in total. The summed E-state index contributed by atoms with van der Waals surface area (Å²) in [5.41, 5.74) is 2.88. The molecule has 0 radical (unpaired) electrons. The molecule has 0 aliphatic carbocycles. The highest BCUT2D eigenvalue weighted by molar-refractivity contribution is 6.68. The monoisotopic (exact) mass is 442 g/mol. The lowest BCUT2D eigenvalue weighted by atomic mass is 9.75.